The molecule has 1 N–H and O–H groups in total. The van der Waals surface area contributed by atoms with Crippen molar-refractivity contribution in [3.63, 3.8) is 0 Å². The average Bonchev–Trinajstić information content (AvgIpc) is 3.98. The zero-order valence-corrected chi connectivity index (χ0v) is 30.5. The highest BCUT2D eigenvalue weighted by atomic mass is 32.2. The van der Waals surface area contributed by atoms with E-state index >= 15 is 0 Å². The van der Waals surface area contributed by atoms with Gasteiger partial charge in [-0.15, -0.1) is 6.58 Å². The molecule has 3 amide bonds. The zero-order valence-electron chi connectivity index (χ0n) is 29.7. The number of carbonyl (C=O) groups is 3. The molecule has 3 aliphatic carbocycles. The molecule has 4 fully saturated rings. The van der Waals surface area contributed by atoms with Gasteiger partial charge in [-0.1, -0.05) is 57.0 Å². The topological polar surface area (TPSA) is 135 Å². The second-order valence-corrected chi connectivity index (χ2v) is 17.9. The van der Waals surface area contributed by atoms with Gasteiger partial charge in [-0.2, -0.15) is 0 Å². The molecule has 0 spiro atoms. The predicted octanol–water partition coefficient (Wildman–Crippen LogP) is 5.99. The molecule has 51 heavy (non-hydrogen) atoms. The number of nitrogens with one attached hydrogen (secondary N) is 1. The molecule has 2 aromatic rings. The number of hydrogen-bond acceptors (Lipinski definition) is 8. The molecule has 2 unspecified atom stereocenters. The Balaban J connectivity index is 1.27. The lowest BCUT2D eigenvalue weighted by Gasteiger charge is -2.41. The lowest BCUT2D eigenvalue weighted by atomic mass is 9.88. The molecule has 3 saturated carbocycles. The number of ether oxygens (including phenoxy) is 2. The minimum absolute atomic E-state index is 0.0779. The van der Waals surface area contributed by atoms with Gasteiger partial charge in [0.25, 0.3) is 5.91 Å². The van der Waals surface area contributed by atoms with Crippen LogP contribution in [0.5, 0.6) is 5.88 Å². The summed E-state index contributed by atoms with van der Waals surface area (Å²) < 4.78 is 41.1. The molecule has 2 aliphatic heterocycles. The molecule has 11 nitrogen and oxygen atoms in total. The molecule has 4 atom stereocenters. The number of sulfonamides is 1. The number of carbonyl (C=O) groups excluding carboxylic acids is 3. The van der Waals surface area contributed by atoms with Crippen LogP contribution < -0.4 is 9.46 Å². The number of cyclic esters (lactones) is 1. The van der Waals surface area contributed by atoms with Crippen LogP contribution in [0.3, 0.4) is 0 Å². The summed E-state index contributed by atoms with van der Waals surface area (Å²) in [7, 11) is -3.93. The van der Waals surface area contributed by atoms with Crippen molar-refractivity contribution >= 4 is 44.8 Å². The van der Waals surface area contributed by atoms with E-state index in [1.807, 2.05) is 19.9 Å². The lowest BCUT2D eigenvalue weighted by molar-refractivity contribution is -0.142. The number of hydrogen-bond donors (Lipinski definition) is 1. The standard InChI is InChI=1S/C39H50N4O7S/c1-4-29-23-39(29,36(45)41-51(47,48)31-15-16-31)43-33(28-11-7-8-12-28)35(44)42-21-18-30(24-42)50-34-32-22-26(13-14-27(32)17-20-40-34)10-6-5-9-19-38(2,3)25-49-37(43)46/h4,6,10,13-14,17,20,22,28-31,33H,1,5,7-9,11-12,15-16,18-19,21,23-25H2,2-3H3,(H,41,45)/t29-,30?,33?,39-/m1/s1. The molecular weight excluding hydrogens is 669 g/mol. The number of rotatable bonds is 6. The van der Waals surface area contributed by atoms with Crippen molar-refractivity contribution in [3.8, 4) is 5.88 Å². The molecule has 4 bridgehead atoms. The van der Waals surface area contributed by atoms with Gasteiger partial charge in [0.2, 0.25) is 21.8 Å². The van der Waals surface area contributed by atoms with Crippen molar-refractivity contribution in [1.29, 1.82) is 0 Å². The normalized spacial score (nSPS) is 29.1. The van der Waals surface area contributed by atoms with E-state index in [-0.39, 0.29) is 37.5 Å². The lowest BCUT2D eigenvalue weighted by Crippen LogP contribution is -2.63. The van der Waals surface area contributed by atoms with E-state index in [1.54, 1.807) is 17.2 Å². The number of nitrogens with zero attached hydrogens (tertiary/aromatic N) is 3. The first-order valence-electron chi connectivity index (χ1n) is 18.6. The van der Waals surface area contributed by atoms with Crippen LogP contribution in [0.1, 0.15) is 90.0 Å². The van der Waals surface area contributed by atoms with Gasteiger partial charge >= 0.3 is 6.09 Å². The smallest absolute Gasteiger partial charge is 0.411 e. The summed E-state index contributed by atoms with van der Waals surface area (Å²) in [4.78, 5) is 51.4. The molecule has 1 aromatic carbocycles. The first-order chi connectivity index (χ1) is 24.4. The summed E-state index contributed by atoms with van der Waals surface area (Å²) in [6.07, 6.45) is 13.8. The van der Waals surface area contributed by atoms with Crippen molar-refractivity contribution in [2.45, 2.75) is 107 Å². The largest absolute Gasteiger partial charge is 0.472 e. The molecular formula is C39H50N4O7S. The van der Waals surface area contributed by atoms with Gasteiger partial charge < -0.3 is 14.4 Å². The van der Waals surface area contributed by atoms with E-state index in [0.29, 0.717) is 44.5 Å². The van der Waals surface area contributed by atoms with Crippen LogP contribution in [0.15, 0.2) is 49.2 Å². The zero-order chi connectivity index (χ0) is 36.0. The molecule has 5 aliphatic rings. The van der Waals surface area contributed by atoms with Gasteiger partial charge in [-0.05, 0) is 85.8 Å². The summed E-state index contributed by atoms with van der Waals surface area (Å²) in [6.45, 7) is 8.78. The van der Waals surface area contributed by atoms with Gasteiger partial charge in [0.1, 0.15) is 17.7 Å². The minimum atomic E-state index is -3.93. The van der Waals surface area contributed by atoms with Crippen LogP contribution in [0.25, 0.3) is 16.8 Å². The third kappa shape index (κ3) is 7.25. The van der Waals surface area contributed by atoms with Gasteiger partial charge in [0, 0.05) is 30.5 Å². The average molecular weight is 719 g/mol. The van der Waals surface area contributed by atoms with Gasteiger partial charge in [0.05, 0.1) is 18.4 Å². The Morgan fingerprint density at radius 3 is 2.59 bits per heavy atom. The number of fused-ring (bicyclic) bond motifs is 3. The Morgan fingerprint density at radius 2 is 1.86 bits per heavy atom. The minimum Gasteiger partial charge on any atom is -0.472 e. The summed E-state index contributed by atoms with van der Waals surface area (Å²) in [5, 5.41) is 1.28. The Kier molecular flexibility index (Phi) is 9.66. The molecule has 3 heterocycles. The van der Waals surface area contributed by atoms with Crippen LogP contribution >= 0.6 is 0 Å². The Labute approximate surface area is 300 Å². The first-order valence-corrected chi connectivity index (χ1v) is 20.1. The fourth-order valence-electron chi connectivity index (χ4n) is 8.25. The van der Waals surface area contributed by atoms with Crippen LogP contribution in [-0.2, 0) is 24.3 Å². The molecule has 12 heteroatoms. The fourth-order valence-corrected chi connectivity index (χ4v) is 9.60. The van der Waals surface area contributed by atoms with Crippen molar-refractivity contribution in [2.24, 2.45) is 17.3 Å². The van der Waals surface area contributed by atoms with E-state index in [1.165, 1.54) is 4.90 Å². The maximum Gasteiger partial charge on any atom is 0.411 e. The molecule has 274 valence electrons. The van der Waals surface area contributed by atoms with Gasteiger partial charge in [-0.3, -0.25) is 19.2 Å². The quantitative estimate of drug-likeness (QED) is 0.360. The fraction of sp³-hybridized carbons (Fsp3) is 0.590. The highest BCUT2D eigenvalue weighted by molar-refractivity contribution is 7.91. The summed E-state index contributed by atoms with van der Waals surface area (Å²) in [6, 6.07) is 7.16. The van der Waals surface area contributed by atoms with Crippen molar-refractivity contribution in [3.05, 3.63) is 54.8 Å². The number of allylic oxidation sites excluding steroid dienone is 1. The van der Waals surface area contributed by atoms with Crippen LogP contribution in [-0.4, -0.2) is 83.7 Å². The monoisotopic (exact) mass is 718 g/mol. The third-order valence-corrected chi connectivity index (χ3v) is 13.3. The molecule has 1 aromatic heterocycles. The maximum absolute atomic E-state index is 14.9. The Bertz CT molecular complexity index is 1830. The number of aromatic nitrogens is 1. The first kappa shape index (κ1) is 35.5. The van der Waals surface area contributed by atoms with E-state index in [9.17, 15) is 22.8 Å². The highest BCUT2D eigenvalue weighted by Crippen LogP contribution is 2.53. The van der Waals surface area contributed by atoms with Crippen LogP contribution in [0.2, 0.25) is 0 Å². The van der Waals surface area contributed by atoms with E-state index in [4.69, 9.17) is 9.47 Å². The highest BCUT2D eigenvalue weighted by Gasteiger charge is 2.68. The Morgan fingerprint density at radius 1 is 1.08 bits per heavy atom. The van der Waals surface area contributed by atoms with E-state index < -0.39 is 50.2 Å². The van der Waals surface area contributed by atoms with Crippen LogP contribution in [0.4, 0.5) is 4.79 Å². The van der Waals surface area contributed by atoms with E-state index in [0.717, 1.165) is 48.4 Å². The molecule has 0 radical (unpaired) electrons. The molecule has 7 rings (SSSR count). The van der Waals surface area contributed by atoms with Gasteiger partial charge in [0.15, 0.2) is 0 Å². The summed E-state index contributed by atoms with van der Waals surface area (Å²) in [5.74, 6) is -1.33. The molecule has 1 saturated heterocycles. The summed E-state index contributed by atoms with van der Waals surface area (Å²) >= 11 is 0. The van der Waals surface area contributed by atoms with Crippen molar-refractivity contribution in [1.82, 2.24) is 19.5 Å². The summed E-state index contributed by atoms with van der Waals surface area (Å²) in [5.41, 5.74) is -0.958. The third-order valence-electron chi connectivity index (χ3n) is 11.5. The van der Waals surface area contributed by atoms with Crippen molar-refractivity contribution < 1.29 is 32.3 Å². The van der Waals surface area contributed by atoms with E-state index in [2.05, 4.69) is 46.6 Å². The van der Waals surface area contributed by atoms with Crippen molar-refractivity contribution in [2.75, 3.05) is 19.7 Å². The van der Waals surface area contributed by atoms with Crippen LogP contribution in [0, 0.1) is 17.3 Å². The number of pyridine rings is 1. The maximum atomic E-state index is 14.9. The SMILES string of the molecule is C=C[C@@H]1C[C@@]1(C(=O)NS(=O)(=O)C1CC1)N1C(=O)OCC(C)(C)CCCC=Cc2ccc3ccnc(c3c2)OC2CCN(C2)C(=O)C1C1CCCC1. The predicted molar refractivity (Wildman–Crippen MR) is 194 cm³/mol. The number of amides is 3. The second kappa shape index (κ2) is 13.9. The van der Waals surface area contributed by atoms with Gasteiger partial charge in [-0.25, -0.2) is 18.2 Å². The number of benzene rings is 1. The second-order valence-electron chi connectivity index (χ2n) is 15.9. The Hall–Kier alpha value is -3.93.